The van der Waals surface area contributed by atoms with Gasteiger partial charge >= 0.3 is 11.9 Å². The summed E-state index contributed by atoms with van der Waals surface area (Å²) in [6.07, 6.45) is 3.81. The van der Waals surface area contributed by atoms with Gasteiger partial charge in [-0.2, -0.15) is 16.8 Å². The van der Waals surface area contributed by atoms with E-state index in [9.17, 15) is 9.59 Å². The van der Waals surface area contributed by atoms with E-state index in [1.54, 1.807) is 11.8 Å². The van der Waals surface area contributed by atoms with Crippen LogP contribution >= 0.6 is 11.8 Å². The summed E-state index contributed by atoms with van der Waals surface area (Å²) < 4.78 is 0. The molecule has 2 atom stereocenters. The molecule has 1 heterocycles. The van der Waals surface area contributed by atoms with Crippen molar-refractivity contribution in [3.63, 3.8) is 0 Å². The molecule has 7 nitrogen and oxygen atoms in total. The molecule has 0 bridgehead atoms. The Balaban J connectivity index is 0.000000321. The predicted molar refractivity (Wildman–Crippen MR) is 67.8 cm³/mol. The highest BCUT2D eigenvalue weighted by Gasteiger charge is 2.28. The summed E-state index contributed by atoms with van der Waals surface area (Å²) in [6.45, 7) is 0.483. The minimum Gasteiger partial charge on any atom is -0.480 e. The lowest BCUT2D eigenvalue weighted by atomic mass is 10.2. The molecule has 1 aliphatic rings. The van der Waals surface area contributed by atoms with E-state index in [0.717, 1.165) is 17.2 Å². The highest BCUT2D eigenvalue weighted by Crippen LogP contribution is 2.13. The maximum absolute atomic E-state index is 10.2. The molecule has 1 saturated heterocycles. The van der Waals surface area contributed by atoms with Crippen LogP contribution in [0.3, 0.4) is 0 Å². The lowest BCUT2D eigenvalue weighted by Gasteiger charge is -2.11. The second-order valence-electron chi connectivity index (χ2n) is 3.89. The van der Waals surface area contributed by atoms with E-state index in [0.29, 0.717) is 19.4 Å². The number of aliphatic carboxylic acids is 2. The molecular formula is C10H20N2O5S. The number of hydrogen-bond acceptors (Lipinski definition) is 6. The van der Waals surface area contributed by atoms with Gasteiger partial charge in [0.25, 0.3) is 0 Å². The lowest BCUT2D eigenvalue weighted by molar-refractivity contribution is -0.161. The minimum absolute atomic E-state index is 0.483. The zero-order valence-corrected chi connectivity index (χ0v) is 11.1. The third-order valence-corrected chi connectivity index (χ3v) is 3.10. The number of carboxylic acids is 2. The molecule has 0 aliphatic carbocycles. The average Bonchev–Trinajstić information content (AvgIpc) is 2.73. The van der Waals surface area contributed by atoms with E-state index in [2.05, 4.69) is 0 Å². The van der Waals surface area contributed by atoms with Gasteiger partial charge in [0.15, 0.2) is 0 Å². The van der Waals surface area contributed by atoms with Crippen LogP contribution in [0.15, 0.2) is 0 Å². The Morgan fingerprint density at radius 2 is 2.11 bits per heavy atom. The molecule has 0 saturated carbocycles. The highest BCUT2D eigenvalue weighted by molar-refractivity contribution is 7.98. The summed E-state index contributed by atoms with van der Waals surface area (Å²) in [4.78, 5) is 20.3. The number of nitrogens with two attached hydrogens (primary N) is 1. The molecule has 0 spiro atoms. The van der Waals surface area contributed by atoms with Crippen LogP contribution in [0.1, 0.15) is 19.3 Å². The van der Waals surface area contributed by atoms with E-state index in [1.807, 2.05) is 6.26 Å². The number of hydroxylamine groups is 2. The van der Waals surface area contributed by atoms with Gasteiger partial charge in [0, 0.05) is 6.54 Å². The van der Waals surface area contributed by atoms with Gasteiger partial charge in [-0.1, -0.05) is 0 Å². The van der Waals surface area contributed by atoms with Crippen molar-refractivity contribution in [2.45, 2.75) is 31.3 Å². The molecule has 18 heavy (non-hydrogen) atoms. The minimum atomic E-state index is -0.935. The fraction of sp³-hybridized carbons (Fsp3) is 0.800. The Bertz CT molecular complexity index is 277. The van der Waals surface area contributed by atoms with Gasteiger partial charge in [-0.3, -0.25) is 9.59 Å². The Labute approximate surface area is 110 Å². The van der Waals surface area contributed by atoms with Crippen molar-refractivity contribution in [1.29, 1.82) is 0 Å². The fourth-order valence-electron chi connectivity index (χ4n) is 1.37. The third-order valence-electron chi connectivity index (χ3n) is 2.46. The smallest absolute Gasteiger partial charge is 0.323 e. The van der Waals surface area contributed by atoms with Crippen LogP contribution in [0.25, 0.3) is 0 Å². The summed E-state index contributed by atoms with van der Waals surface area (Å²) >= 11 is 1.60. The maximum atomic E-state index is 10.2. The summed E-state index contributed by atoms with van der Waals surface area (Å²) in [5.41, 5.74) is 5.19. The zero-order valence-electron chi connectivity index (χ0n) is 10.3. The fourth-order valence-corrected chi connectivity index (χ4v) is 1.86. The van der Waals surface area contributed by atoms with Crippen LogP contribution in [0, 0.1) is 0 Å². The van der Waals surface area contributed by atoms with Crippen LogP contribution in [0.2, 0.25) is 0 Å². The van der Waals surface area contributed by atoms with Crippen molar-refractivity contribution in [3.05, 3.63) is 0 Å². The lowest BCUT2D eigenvalue weighted by Crippen LogP contribution is -2.32. The van der Waals surface area contributed by atoms with Gasteiger partial charge in [0.2, 0.25) is 0 Å². The molecule has 0 aromatic heterocycles. The SMILES string of the molecule is CSCC[C@H](N)C(=O)O.O=C(O)C1CCCN1O. The number of carbonyl (C=O) groups is 2. The van der Waals surface area contributed by atoms with E-state index < -0.39 is 24.0 Å². The Morgan fingerprint density at radius 1 is 1.50 bits per heavy atom. The van der Waals surface area contributed by atoms with Crippen molar-refractivity contribution >= 4 is 23.7 Å². The molecule has 1 aliphatic heterocycles. The largest absolute Gasteiger partial charge is 0.480 e. The third kappa shape index (κ3) is 6.80. The van der Waals surface area contributed by atoms with E-state index >= 15 is 0 Å². The van der Waals surface area contributed by atoms with Crippen molar-refractivity contribution in [1.82, 2.24) is 5.06 Å². The molecule has 1 unspecified atom stereocenters. The van der Waals surface area contributed by atoms with E-state index in [1.165, 1.54) is 0 Å². The summed E-state index contributed by atoms with van der Waals surface area (Å²) in [7, 11) is 0. The van der Waals surface area contributed by atoms with E-state index in [4.69, 9.17) is 21.2 Å². The summed E-state index contributed by atoms with van der Waals surface area (Å²) in [6, 6.07) is -1.34. The Morgan fingerprint density at radius 3 is 2.39 bits per heavy atom. The molecule has 8 heteroatoms. The number of hydrogen-bond donors (Lipinski definition) is 4. The molecule has 1 rings (SSSR count). The number of rotatable bonds is 5. The maximum Gasteiger partial charge on any atom is 0.323 e. The molecule has 1 fully saturated rings. The monoisotopic (exact) mass is 280 g/mol. The van der Waals surface area contributed by atoms with Crippen molar-refractivity contribution in [2.24, 2.45) is 5.73 Å². The van der Waals surface area contributed by atoms with Gasteiger partial charge < -0.3 is 21.2 Å². The molecule has 106 valence electrons. The van der Waals surface area contributed by atoms with Crippen LogP contribution in [0.4, 0.5) is 0 Å². The normalized spacial score (nSPS) is 20.9. The van der Waals surface area contributed by atoms with Gasteiger partial charge in [-0.05, 0) is 31.3 Å². The summed E-state index contributed by atoms with van der Waals surface area (Å²) in [5.74, 6) is -1.04. The molecular weight excluding hydrogens is 260 g/mol. The van der Waals surface area contributed by atoms with Crippen LogP contribution in [0.5, 0.6) is 0 Å². The second-order valence-corrected chi connectivity index (χ2v) is 4.87. The zero-order chi connectivity index (χ0) is 14.1. The number of carboxylic acid groups (broad SMARTS) is 2. The quantitative estimate of drug-likeness (QED) is 0.558. The van der Waals surface area contributed by atoms with E-state index in [-0.39, 0.29) is 0 Å². The van der Waals surface area contributed by atoms with Gasteiger partial charge in [-0.15, -0.1) is 0 Å². The second kappa shape index (κ2) is 9.15. The Hall–Kier alpha value is -0.830. The first-order valence-electron chi connectivity index (χ1n) is 5.55. The molecule has 5 N–H and O–H groups in total. The molecule has 0 aromatic rings. The number of thioether (sulfide) groups is 1. The van der Waals surface area contributed by atoms with Crippen molar-refractivity contribution in [2.75, 3.05) is 18.6 Å². The predicted octanol–water partition coefficient (Wildman–Crippen LogP) is 0.0760. The van der Waals surface area contributed by atoms with Crippen molar-refractivity contribution < 1.29 is 25.0 Å². The van der Waals surface area contributed by atoms with Crippen LogP contribution < -0.4 is 5.73 Å². The van der Waals surface area contributed by atoms with Crippen LogP contribution in [-0.4, -0.2) is 63.1 Å². The average molecular weight is 280 g/mol. The first kappa shape index (κ1) is 17.2. The van der Waals surface area contributed by atoms with Crippen molar-refractivity contribution in [3.8, 4) is 0 Å². The summed E-state index contributed by atoms with van der Waals surface area (Å²) in [5, 5.41) is 26.3. The molecule has 0 aromatic carbocycles. The molecule has 0 amide bonds. The molecule has 0 radical (unpaired) electrons. The Kier molecular flexibility index (Phi) is 8.73. The first-order chi connectivity index (χ1) is 8.40. The van der Waals surface area contributed by atoms with Gasteiger partial charge in [-0.25, -0.2) is 0 Å². The standard InChI is InChI=1S/C5H9NO3.C5H11NO2S/c7-5(8)4-2-1-3-6(4)9;1-9-3-2-4(6)5(7)8/h4,9H,1-3H2,(H,7,8);4H,2-3,6H2,1H3,(H,7,8)/t;4-/m.0/s1. The highest BCUT2D eigenvalue weighted by atomic mass is 32.2. The number of nitrogens with zero attached hydrogens (tertiary/aromatic N) is 1. The van der Waals surface area contributed by atoms with Gasteiger partial charge in [0.05, 0.1) is 0 Å². The topological polar surface area (TPSA) is 124 Å². The van der Waals surface area contributed by atoms with Gasteiger partial charge in [0.1, 0.15) is 12.1 Å². The van der Waals surface area contributed by atoms with Crippen LogP contribution in [-0.2, 0) is 9.59 Å². The first-order valence-corrected chi connectivity index (χ1v) is 6.95.